The molecule has 1 aromatic carbocycles. The zero-order valence-corrected chi connectivity index (χ0v) is 11.7. The minimum Gasteiger partial charge on any atom is -0.330 e. The lowest BCUT2D eigenvalue weighted by Crippen LogP contribution is -2.26. The Morgan fingerprint density at radius 2 is 2.11 bits per heavy atom. The molecule has 0 aliphatic carbocycles. The predicted octanol–water partition coefficient (Wildman–Crippen LogP) is 0.984. The van der Waals surface area contributed by atoms with E-state index in [0.29, 0.717) is 13.0 Å². The number of nitrogens with one attached hydrogen (secondary N) is 1. The molecule has 18 heavy (non-hydrogen) atoms. The van der Waals surface area contributed by atoms with Gasteiger partial charge in [-0.1, -0.05) is 0 Å². The Morgan fingerprint density at radius 1 is 1.44 bits per heavy atom. The average molecular weight is 338 g/mol. The van der Waals surface area contributed by atoms with Gasteiger partial charge in [-0.05, 0) is 41.0 Å². The molecule has 0 bridgehead atoms. The van der Waals surface area contributed by atoms with E-state index in [0.717, 1.165) is 6.07 Å². The Labute approximate surface area is 113 Å². The van der Waals surface area contributed by atoms with Gasteiger partial charge in [-0.25, -0.2) is 13.1 Å². The summed E-state index contributed by atoms with van der Waals surface area (Å²) in [5.41, 5.74) is 5.07. The number of benzene rings is 1. The number of nitro benzene ring substituents is 1. The molecule has 7 nitrogen and oxygen atoms in total. The molecule has 0 aromatic heterocycles. The molecule has 0 fully saturated rings. The Morgan fingerprint density at radius 3 is 2.61 bits per heavy atom. The number of hydrogen-bond donors (Lipinski definition) is 2. The zero-order chi connectivity index (χ0) is 13.8. The van der Waals surface area contributed by atoms with Crippen LogP contribution in [0, 0.1) is 10.1 Å². The van der Waals surface area contributed by atoms with E-state index in [2.05, 4.69) is 20.7 Å². The summed E-state index contributed by atoms with van der Waals surface area (Å²) in [5, 5.41) is 10.6. The fourth-order valence-corrected chi connectivity index (χ4v) is 2.97. The van der Waals surface area contributed by atoms with E-state index in [-0.39, 0.29) is 21.6 Å². The highest BCUT2D eigenvalue weighted by molar-refractivity contribution is 9.10. The van der Waals surface area contributed by atoms with Crippen molar-refractivity contribution in [2.24, 2.45) is 5.73 Å². The fraction of sp³-hybridized carbons (Fsp3) is 0.333. The van der Waals surface area contributed by atoms with E-state index in [1.807, 2.05) is 0 Å². The molecule has 0 unspecified atom stereocenters. The first-order chi connectivity index (χ1) is 8.38. The summed E-state index contributed by atoms with van der Waals surface area (Å²) in [6.45, 7) is 0.611. The van der Waals surface area contributed by atoms with Crippen molar-refractivity contribution in [2.45, 2.75) is 11.3 Å². The van der Waals surface area contributed by atoms with Gasteiger partial charge in [0.05, 0.1) is 14.3 Å². The van der Waals surface area contributed by atoms with E-state index in [1.165, 1.54) is 12.1 Å². The molecule has 0 aliphatic heterocycles. The van der Waals surface area contributed by atoms with Crippen LogP contribution in [-0.2, 0) is 10.0 Å². The van der Waals surface area contributed by atoms with Crippen LogP contribution >= 0.6 is 15.9 Å². The van der Waals surface area contributed by atoms with Gasteiger partial charge in [0, 0.05) is 12.6 Å². The van der Waals surface area contributed by atoms with Gasteiger partial charge in [0.15, 0.2) is 0 Å². The fourth-order valence-electron chi connectivity index (χ4n) is 1.19. The monoisotopic (exact) mass is 337 g/mol. The Bertz CT molecular complexity index is 547. The van der Waals surface area contributed by atoms with Crippen LogP contribution in [0.2, 0.25) is 0 Å². The smallest absolute Gasteiger partial charge is 0.283 e. The van der Waals surface area contributed by atoms with Crippen molar-refractivity contribution in [3.8, 4) is 0 Å². The number of nitrogens with zero attached hydrogens (tertiary/aromatic N) is 1. The van der Waals surface area contributed by atoms with Gasteiger partial charge in [-0.3, -0.25) is 10.1 Å². The molecule has 0 aliphatic rings. The van der Waals surface area contributed by atoms with Crippen molar-refractivity contribution in [1.82, 2.24) is 4.72 Å². The molecule has 100 valence electrons. The van der Waals surface area contributed by atoms with Crippen molar-refractivity contribution in [2.75, 3.05) is 13.1 Å². The highest BCUT2D eigenvalue weighted by Gasteiger charge is 2.18. The number of halogens is 1. The molecular weight excluding hydrogens is 326 g/mol. The quantitative estimate of drug-likeness (QED) is 0.456. The highest BCUT2D eigenvalue weighted by Crippen LogP contribution is 2.27. The first-order valence-electron chi connectivity index (χ1n) is 5.02. The van der Waals surface area contributed by atoms with Gasteiger partial charge >= 0.3 is 0 Å². The van der Waals surface area contributed by atoms with Crippen LogP contribution < -0.4 is 10.5 Å². The van der Waals surface area contributed by atoms with E-state index in [9.17, 15) is 18.5 Å². The minimum absolute atomic E-state index is 0.0306. The van der Waals surface area contributed by atoms with Crippen LogP contribution in [0.3, 0.4) is 0 Å². The molecule has 0 saturated heterocycles. The lowest BCUT2D eigenvalue weighted by molar-refractivity contribution is -0.385. The van der Waals surface area contributed by atoms with Crippen molar-refractivity contribution >= 4 is 31.6 Å². The molecule has 0 radical (unpaired) electrons. The summed E-state index contributed by atoms with van der Waals surface area (Å²) in [4.78, 5) is 9.96. The maximum atomic E-state index is 11.8. The maximum Gasteiger partial charge on any atom is 0.283 e. The van der Waals surface area contributed by atoms with Gasteiger partial charge in [-0.15, -0.1) is 0 Å². The molecule has 0 atom stereocenters. The molecular formula is C9H12BrN3O4S. The Balaban J connectivity index is 2.97. The van der Waals surface area contributed by atoms with E-state index in [4.69, 9.17) is 5.73 Å². The summed E-state index contributed by atoms with van der Waals surface area (Å²) in [5.74, 6) is 0. The second kappa shape index (κ2) is 6.23. The largest absolute Gasteiger partial charge is 0.330 e. The molecule has 9 heteroatoms. The predicted molar refractivity (Wildman–Crippen MR) is 69.7 cm³/mol. The van der Waals surface area contributed by atoms with Crippen LogP contribution in [0.25, 0.3) is 0 Å². The van der Waals surface area contributed by atoms with Crippen molar-refractivity contribution in [3.63, 3.8) is 0 Å². The SMILES string of the molecule is NCCCNS(=O)(=O)c1ccc([N+](=O)[O-])c(Br)c1. The third-order valence-corrected chi connectivity index (χ3v) is 4.19. The van der Waals surface area contributed by atoms with Gasteiger partial charge in [0.25, 0.3) is 5.69 Å². The zero-order valence-electron chi connectivity index (χ0n) is 9.30. The summed E-state index contributed by atoms with van der Waals surface area (Å²) in [6.07, 6.45) is 0.521. The molecule has 3 N–H and O–H groups in total. The average Bonchev–Trinajstić information content (AvgIpc) is 2.28. The summed E-state index contributed by atoms with van der Waals surface area (Å²) < 4.78 is 26.1. The van der Waals surface area contributed by atoms with E-state index >= 15 is 0 Å². The first kappa shape index (κ1) is 15.0. The molecule has 1 aromatic rings. The molecule has 0 saturated carbocycles. The van der Waals surface area contributed by atoms with Crippen LogP contribution in [0.1, 0.15) is 6.42 Å². The lowest BCUT2D eigenvalue weighted by Gasteiger charge is -2.06. The van der Waals surface area contributed by atoms with Crippen LogP contribution in [-0.4, -0.2) is 26.4 Å². The van der Waals surface area contributed by atoms with Crippen LogP contribution in [0.4, 0.5) is 5.69 Å². The molecule has 0 amide bonds. The summed E-state index contributed by atoms with van der Waals surface area (Å²) >= 11 is 2.97. The molecule has 1 rings (SSSR count). The first-order valence-corrected chi connectivity index (χ1v) is 7.30. The standard InChI is InChI=1S/C9H12BrN3O4S/c10-8-6-7(2-3-9(8)13(14)15)18(16,17)12-5-1-4-11/h2-3,6,12H,1,4-5,11H2. The summed E-state index contributed by atoms with van der Waals surface area (Å²) in [7, 11) is -3.66. The number of nitro groups is 1. The van der Waals surface area contributed by atoms with Gasteiger partial charge in [-0.2, -0.15) is 0 Å². The van der Waals surface area contributed by atoms with Gasteiger partial charge < -0.3 is 5.73 Å². The Hall–Kier alpha value is -1.03. The van der Waals surface area contributed by atoms with Crippen LogP contribution in [0.15, 0.2) is 27.6 Å². The maximum absolute atomic E-state index is 11.8. The molecule has 0 heterocycles. The number of sulfonamides is 1. The number of hydrogen-bond acceptors (Lipinski definition) is 5. The normalized spacial score (nSPS) is 11.4. The third kappa shape index (κ3) is 3.73. The lowest BCUT2D eigenvalue weighted by atomic mass is 10.3. The minimum atomic E-state index is -3.66. The van der Waals surface area contributed by atoms with Crippen LogP contribution in [0.5, 0.6) is 0 Å². The van der Waals surface area contributed by atoms with Crippen molar-refractivity contribution < 1.29 is 13.3 Å². The topological polar surface area (TPSA) is 115 Å². The second-order valence-corrected chi connectivity index (χ2v) is 6.03. The number of nitrogens with two attached hydrogens (primary N) is 1. The van der Waals surface area contributed by atoms with E-state index in [1.54, 1.807) is 0 Å². The second-order valence-electron chi connectivity index (χ2n) is 3.41. The van der Waals surface area contributed by atoms with Gasteiger partial charge in [0.2, 0.25) is 10.0 Å². The summed E-state index contributed by atoms with van der Waals surface area (Å²) in [6, 6.07) is 3.53. The third-order valence-electron chi connectivity index (χ3n) is 2.10. The van der Waals surface area contributed by atoms with Crippen molar-refractivity contribution in [3.05, 3.63) is 32.8 Å². The molecule has 0 spiro atoms. The van der Waals surface area contributed by atoms with Crippen molar-refractivity contribution in [1.29, 1.82) is 0 Å². The number of rotatable bonds is 6. The van der Waals surface area contributed by atoms with E-state index < -0.39 is 14.9 Å². The Kier molecular flexibility index (Phi) is 5.20. The highest BCUT2D eigenvalue weighted by atomic mass is 79.9. The van der Waals surface area contributed by atoms with Gasteiger partial charge in [0.1, 0.15) is 0 Å².